The molecule has 1 aromatic heterocycles. The van der Waals surface area contributed by atoms with Crippen LogP contribution in [-0.4, -0.2) is 46.9 Å². The summed E-state index contributed by atoms with van der Waals surface area (Å²) in [4.78, 5) is 21.2. The summed E-state index contributed by atoms with van der Waals surface area (Å²) in [7, 11) is 0. The molecule has 28 heavy (non-hydrogen) atoms. The quantitative estimate of drug-likeness (QED) is 0.676. The number of fused-ring (bicyclic) bond motifs is 1. The van der Waals surface area contributed by atoms with Gasteiger partial charge in [0.1, 0.15) is 5.69 Å². The van der Waals surface area contributed by atoms with E-state index in [4.69, 9.17) is 0 Å². The minimum Gasteiger partial charge on any atom is -0.337 e. The third-order valence-electron chi connectivity index (χ3n) is 5.97. The molecule has 2 atom stereocenters. The van der Waals surface area contributed by atoms with Crippen molar-refractivity contribution >= 4 is 17.2 Å². The van der Waals surface area contributed by atoms with Crippen LogP contribution in [0.1, 0.15) is 16.1 Å². The van der Waals surface area contributed by atoms with Crippen molar-refractivity contribution in [3.8, 4) is 11.1 Å². The van der Waals surface area contributed by atoms with E-state index in [-0.39, 0.29) is 5.91 Å². The van der Waals surface area contributed by atoms with Crippen LogP contribution in [0.15, 0.2) is 65.5 Å². The fourth-order valence-electron chi connectivity index (χ4n) is 4.56. The van der Waals surface area contributed by atoms with E-state index in [1.807, 2.05) is 16.3 Å². The smallest absolute Gasteiger partial charge is 0.273 e. The van der Waals surface area contributed by atoms with E-state index in [2.05, 4.69) is 58.4 Å². The summed E-state index contributed by atoms with van der Waals surface area (Å²) in [5.41, 5.74) is 6.21. The van der Waals surface area contributed by atoms with Gasteiger partial charge in [0, 0.05) is 38.1 Å². The third kappa shape index (κ3) is 3.48. The number of thiazole rings is 1. The molecule has 1 amide bonds. The van der Waals surface area contributed by atoms with Crippen LogP contribution in [0.4, 0.5) is 0 Å². The van der Waals surface area contributed by atoms with Crippen LogP contribution in [0.2, 0.25) is 0 Å². The number of rotatable bonds is 4. The molecule has 0 aliphatic carbocycles. The van der Waals surface area contributed by atoms with Crippen LogP contribution < -0.4 is 0 Å². The number of benzene rings is 2. The van der Waals surface area contributed by atoms with E-state index in [0.29, 0.717) is 17.5 Å². The lowest BCUT2D eigenvalue weighted by atomic mass is 10.0. The van der Waals surface area contributed by atoms with Crippen LogP contribution in [-0.2, 0) is 6.54 Å². The Kier molecular flexibility index (Phi) is 4.71. The van der Waals surface area contributed by atoms with Crippen LogP contribution in [0.25, 0.3) is 11.1 Å². The maximum Gasteiger partial charge on any atom is 0.273 e. The van der Waals surface area contributed by atoms with E-state index in [0.717, 1.165) is 32.7 Å². The molecular formula is C23H23N3OS. The Morgan fingerprint density at radius 2 is 1.61 bits per heavy atom. The van der Waals surface area contributed by atoms with Gasteiger partial charge < -0.3 is 4.90 Å². The number of amides is 1. The van der Waals surface area contributed by atoms with Gasteiger partial charge in [-0.2, -0.15) is 0 Å². The van der Waals surface area contributed by atoms with Crippen molar-refractivity contribution in [1.29, 1.82) is 0 Å². The van der Waals surface area contributed by atoms with Gasteiger partial charge in [-0.25, -0.2) is 4.98 Å². The van der Waals surface area contributed by atoms with Crippen molar-refractivity contribution < 1.29 is 4.79 Å². The highest BCUT2D eigenvalue weighted by molar-refractivity contribution is 7.07. The monoisotopic (exact) mass is 389 g/mol. The highest BCUT2D eigenvalue weighted by atomic mass is 32.1. The lowest BCUT2D eigenvalue weighted by Crippen LogP contribution is -2.33. The van der Waals surface area contributed by atoms with Crippen LogP contribution >= 0.6 is 11.3 Å². The van der Waals surface area contributed by atoms with Gasteiger partial charge in [0.05, 0.1) is 5.51 Å². The molecule has 4 nitrogen and oxygen atoms in total. The van der Waals surface area contributed by atoms with Crippen molar-refractivity contribution in [2.45, 2.75) is 6.54 Å². The molecule has 3 heterocycles. The lowest BCUT2D eigenvalue weighted by molar-refractivity contribution is 0.0768. The summed E-state index contributed by atoms with van der Waals surface area (Å²) in [6, 6.07) is 19.4. The average molecular weight is 390 g/mol. The highest BCUT2D eigenvalue weighted by Gasteiger charge is 2.41. The zero-order valence-electron chi connectivity index (χ0n) is 15.7. The first-order chi connectivity index (χ1) is 13.8. The first kappa shape index (κ1) is 17.6. The first-order valence-electron chi connectivity index (χ1n) is 9.80. The van der Waals surface area contributed by atoms with Gasteiger partial charge in [0.25, 0.3) is 5.91 Å². The molecular weight excluding hydrogens is 366 g/mol. The van der Waals surface area contributed by atoms with Gasteiger partial charge in [-0.3, -0.25) is 9.69 Å². The average Bonchev–Trinajstić information content (AvgIpc) is 3.45. The topological polar surface area (TPSA) is 36.4 Å². The second-order valence-electron chi connectivity index (χ2n) is 7.86. The van der Waals surface area contributed by atoms with Gasteiger partial charge in [0.15, 0.2) is 0 Å². The summed E-state index contributed by atoms with van der Waals surface area (Å²) < 4.78 is 0. The molecule has 2 aliphatic rings. The van der Waals surface area contributed by atoms with Gasteiger partial charge in [-0.15, -0.1) is 11.3 Å². The third-order valence-corrected chi connectivity index (χ3v) is 6.55. The zero-order valence-corrected chi connectivity index (χ0v) is 16.5. The molecule has 0 spiro atoms. The molecule has 0 N–H and O–H groups in total. The van der Waals surface area contributed by atoms with Gasteiger partial charge in [0.2, 0.25) is 0 Å². The SMILES string of the molecule is O=C(c1cscn1)N1C[C@H]2CN(Cc3ccc(-c4ccccc4)cc3)C[C@H]2C1. The minimum atomic E-state index is 0.0960. The number of likely N-dealkylation sites (tertiary alicyclic amines) is 2. The minimum absolute atomic E-state index is 0.0960. The predicted octanol–water partition coefficient (Wildman–Crippen LogP) is 4.01. The maximum absolute atomic E-state index is 12.5. The number of hydrogen-bond acceptors (Lipinski definition) is 4. The van der Waals surface area contributed by atoms with Gasteiger partial charge >= 0.3 is 0 Å². The molecule has 0 saturated carbocycles. The Hall–Kier alpha value is -2.50. The van der Waals surface area contributed by atoms with Crippen molar-refractivity contribution in [3.05, 3.63) is 76.7 Å². The van der Waals surface area contributed by atoms with E-state index in [1.165, 1.54) is 28.0 Å². The second kappa shape index (κ2) is 7.49. The van der Waals surface area contributed by atoms with Crippen molar-refractivity contribution in [1.82, 2.24) is 14.8 Å². The summed E-state index contributed by atoms with van der Waals surface area (Å²) in [6.07, 6.45) is 0. The summed E-state index contributed by atoms with van der Waals surface area (Å²) in [5, 5.41) is 1.85. The Morgan fingerprint density at radius 1 is 0.929 bits per heavy atom. The maximum atomic E-state index is 12.5. The molecule has 0 unspecified atom stereocenters. The number of hydrogen-bond donors (Lipinski definition) is 0. The molecule has 0 radical (unpaired) electrons. The number of nitrogens with zero attached hydrogens (tertiary/aromatic N) is 3. The van der Waals surface area contributed by atoms with Crippen molar-refractivity contribution in [2.75, 3.05) is 26.2 Å². The van der Waals surface area contributed by atoms with Crippen LogP contribution in [0, 0.1) is 11.8 Å². The van der Waals surface area contributed by atoms with E-state index in [1.54, 1.807) is 5.51 Å². The normalized spacial score (nSPS) is 21.8. The Bertz CT molecular complexity index is 926. The molecule has 2 fully saturated rings. The summed E-state index contributed by atoms with van der Waals surface area (Å²) in [5.74, 6) is 1.27. The van der Waals surface area contributed by atoms with E-state index in [9.17, 15) is 4.79 Å². The molecule has 2 aromatic carbocycles. The lowest BCUT2D eigenvalue weighted by Gasteiger charge is -2.21. The van der Waals surface area contributed by atoms with Crippen molar-refractivity contribution in [2.24, 2.45) is 11.8 Å². The first-order valence-corrected chi connectivity index (χ1v) is 10.7. The Labute approximate surface area is 169 Å². The molecule has 0 bridgehead atoms. The molecule has 5 heteroatoms. The standard InChI is InChI=1S/C23H23N3OS/c27-23(22-15-28-16-24-22)26-13-20-11-25(12-21(20)14-26)10-17-6-8-19(9-7-17)18-4-2-1-3-5-18/h1-9,15-16,20-21H,10-14H2/t20-,21+. The number of carbonyl (C=O) groups excluding carboxylic acids is 1. The molecule has 5 rings (SSSR count). The van der Waals surface area contributed by atoms with E-state index >= 15 is 0 Å². The summed E-state index contributed by atoms with van der Waals surface area (Å²) >= 11 is 1.48. The van der Waals surface area contributed by atoms with Crippen molar-refractivity contribution in [3.63, 3.8) is 0 Å². The second-order valence-corrected chi connectivity index (χ2v) is 8.58. The largest absolute Gasteiger partial charge is 0.337 e. The molecule has 2 aliphatic heterocycles. The van der Waals surface area contributed by atoms with Crippen LogP contribution in [0.3, 0.4) is 0 Å². The molecule has 2 saturated heterocycles. The molecule has 142 valence electrons. The van der Waals surface area contributed by atoms with Gasteiger partial charge in [-0.05, 0) is 28.5 Å². The Balaban J connectivity index is 1.18. The van der Waals surface area contributed by atoms with Gasteiger partial charge in [-0.1, -0.05) is 54.6 Å². The summed E-state index contributed by atoms with van der Waals surface area (Å²) in [6.45, 7) is 4.87. The fraction of sp³-hybridized carbons (Fsp3) is 0.304. The Morgan fingerprint density at radius 3 is 2.25 bits per heavy atom. The molecule has 3 aromatic rings. The number of carbonyl (C=O) groups is 1. The van der Waals surface area contributed by atoms with Crippen LogP contribution in [0.5, 0.6) is 0 Å². The zero-order chi connectivity index (χ0) is 18.9. The fourth-order valence-corrected chi connectivity index (χ4v) is 5.08. The van der Waals surface area contributed by atoms with E-state index < -0.39 is 0 Å². The number of aromatic nitrogens is 1. The predicted molar refractivity (Wildman–Crippen MR) is 112 cm³/mol. The highest BCUT2D eigenvalue weighted by Crippen LogP contribution is 2.33.